The molecule has 3 nitrogen and oxygen atoms in total. The largest absolute Gasteiger partial charge is 0.325 e. The van der Waals surface area contributed by atoms with E-state index in [1.165, 1.54) is 0 Å². The minimum absolute atomic E-state index is 0.0368. The predicted molar refractivity (Wildman–Crippen MR) is 73.8 cm³/mol. The Morgan fingerprint density at radius 3 is 2.61 bits per heavy atom. The van der Waals surface area contributed by atoms with Crippen molar-refractivity contribution < 1.29 is 9.59 Å². The van der Waals surface area contributed by atoms with Gasteiger partial charge >= 0.3 is 0 Å². The summed E-state index contributed by atoms with van der Waals surface area (Å²) in [6.45, 7) is 5.97. The van der Waals surface area contributed by atoms with Gasteiger partial charge in [-0.15, -0.1) is 0 Å². The molecule has 1 aromatic rings. The van der Waals surface area contributed by atoms with Gasteiger partial charge in [0.2, 0.25) is 5.91 Å². The van der Waals surface area contributed by atoms with E-state index in [0.29, 0.717) is 11.3 Å². The van der Waals surface area contributed by atoms with E-state index in [0.717, 1.165) is 25.5 Å². The van der Waals surface area contributed by atoms with Crippen molar-refractivity contribution in [2.45, 2.75) is 40.0 Å². The van der Waals surface area contributed by atoms with Crippen LogP contribution in [0.3, 0.4) is 0 Å². The fourth-order valence-electron chi connectivity index (χ4n) is 1.74. The fraction of sp³-hybridized carbons (Fsp3) is 0.467. The molecule has 0 atom stereocenters. The first-order chi connectivity index (χ1) is 8.51. The van der Waals surface area contributed by atoms with Gasteiger partial charge in [-0.2, -0.15) is 0 Å². The van der Waals surface area contributed by atoms with Gasteiger partial charge in [0.25, 0.3) is 0 Å². The molecule has 0 aliphatic heterocycles. The minimum Gasteiger partial charge on any atom is -0.325 e. The predicted octanol–water partition coefficient (Wildman–Crippen LogP) is 3.65. The number of rotatable bonds is 6. The monoisotopic (exact) mass is 247 g/mol. The highest BCUT2D eigenvalue weighted by molar-refractivity contribution is 5.98. The van der Waals surface area contributed by atoms with E-state index >= 15 is 0 Å². The summed E-state index contributed by atoms with van der Waals surface area (Å²) in [6, 6.07) is 7.03. The van der Waals surface area contributed by atoms with Gasteiger partial charge in [-0.25, -0.2) is 0 Å². The van der Waals surface area contributed by atoms with E-state index < -0.39 is 5.41 Å². The lowest BCUT2D eigenvalue weighted by Gasteiger charge is -2.23. The van der Waals surface area contributed by atoms with Gasteiger partial charge < -0.3 is 5.32 Å². The minimum atomic E-state index is -0.411. The molecule has 1 rings (SSSR count). The molecule has 0 aliphatic rings. The average molecular weight is 247 g/mol. The molecule has 0 unspecified atom stereocenters. The lowest BCUT2D eigenvalue weighted by Crippen LogP contribution is -2.31. The van der Waals surface area contributed by atoms with Crippen LogP contribution in [0.25, 0.3) is 0 Å². The van der Waals surface area contributed by atoms with Crippen LogP contribution in [0.5, 0.6) is 0 Å². The third-order valence-corrected chi connectivity index (χ3v) is 3.11. The molecule has 0 fully saturated rings. The molecule has 98 valence electrons. The third kappa shape index (κ3) is 3.69. The Morgan fingerprint density at radius 2 is 2.00 bits per heavy atom. The molecule has 0 saturated carbocycles. The van der Waals surface area contributed by atoms with Crippen LogP contribution in [-0.2, 0) is 4.79 Å². The smallest absolute Gasteiger partial charge is 0.230 e. The quantitative estimate of drug-likeness (QED) is 0.780. The Morgan fingerprint density at radius 1 is 1.33 bits per heavy atom. The zero-order valence-electron chi connectivity index (χ0n) is 11.3. The second-order valence-corrected chi connectivity index (χ2v) is 5.15. The van der Waals surface area contributed by atoms with Crippen LogP contribution in [0.2, 0.25) is 0 Å². The van der Waals surface area contributed by atoms with Crippen LogP contribution in [0.4, 0.5) is 5.69 Å². The normalized spacial score (nSPS) is 11.1. The van der Waals surface area contributed by atoms with Gasteiger partial charge in [-0.1, -0.05) is 45.7 Å². The number of anilines is 1. The van der Waals surface area contributed by atoms with Gasteiger partial charge in [0.1, 0.15) is 0 Å². The van der Waals surface area contributed by atoms with Gasteiger partial charge in [0.05, 0.1) is 5.69 Å². The summed E-state index contributed by atoms with van der Waals surface area (Å²) in [6.07, 6.45) is 3.70. The van der Waals surface area contributed by atoms with Crippen molar-refractivity contribution >= 4 is 17.9 Å². The van der Waals surface area contributed by atoms with E-state index in [1.54, 1.807) is 18.2 Å². The zero-order valence-corrected chi connectivity index (χ0v) is 11.3. The number of amides is 1. The molecular formula is C15H21NO2. The highest BCUT2D eigenvalue weighted by atomic mass is 16.2. The SMILES string of the molecule is CCCCC(C)(C)C(=O)Nc1ccccc1C=O. The van der Waals surface area contributed by atoms with Crippen LogP contribution < -0.4 is 5.32 Å². The van der Waals surface area contributed by atoms with E-state index in [9.17, 15) is 9.59 Å². The Balaban J connectivity index is 2.77. The number of nitrogens with one attached hydrogen (secondary N) is 1. The zero-order chi connectivity index (χ0) is 13.6. The summed E-state index contributed by atoms with van der Waals surface area (Å²) in [4.78, 5) is 23.1. The highest BCUT2D eigenvalue weighted by Gasteiger charge is 2.27. The molecule has 0 heterocycles. The maximum absolute atomic E-state index is 12.2. The third-order valence-electron chi connectivity index (χ3n) is 3.11. The van der Waals surface area contributed by atoms with Crippen molar-refractivity contribution in [1.29, 1.82) is 0 Å². The standard InChI is InChI=1S/C15H21NO2/c1-4-5-10-15(2,3)14(18)16-13-9-7-6-8-12(13)11-17/h6-9,11H,4-5,10H2,1-3H3,(H,16,18). The van der Waals surface area contributed by atoms with Crippen molar-refractivity contribution in [2.24, 2.45) is 5.41 Å². The average Bonchev–Trinajstić information content (AvgIpc) is 2.37. The molecule has 0 aliphatic carbocycles. The number of hydrogen-bond donors (Lipinski definition) is 1. The van der Waals surface area contributed by atoms with Crippen molar-refractivity contribution in [1.82, 2.24) is 0 Å². The molecule has 1 N–H and O–H groups in total. The van der Waals surface area contributed by atoms with Crippen LogP contribution >= 0.6 is 0 Å². The number of benzene rings is 1. The summed E-state index contributed by atoms with van der Waals surface area (Å²) < 4.78 is 0. The Labute approximate surface area is 109 Å². The lowest BCUT2D eigenvalue weighted by molar-refractivity contribution is -0.124. The van der Waals surface area contributed by atoms with E-state index in [-0.39, 0.29) is 5.91 Å². The highest BCUT2D eigenvalue weighted by Crippen LogP contribution is 2.26. The van der Waals surface area contributed by atoms with Gasteiger partial charge in [0.15, 0.2) is 6.29 Å². The number of unbranched alkanes of at least 4 members (excludes halogenated alkanes) is 1. The van der Waals surface area contributed by atoms with Gasteiger partial charge in [0, 0.05) is 11.0 Å². The van der Waals surface area contributed by atoms with Crippen molar-refractivity contribution in [3.8, 4) is 0 Å². The molecule has 1 amide bonds. The number of aldehydes is 1. The Bertz CT molecular complexity index is 424. The van der Waals surface area contributed by atoms with Crippen LogP contribution in [0, 0.1) is 5.41 Å². The van der Waals surface area contributed by atoms with E-state index in [2.05, 4.69) is 12.2 Å². The Hall–Kier alpha value is -1.64. The van der Waals surface area contributed by atoms with Crippen LogP contribution in [0.1, 0.15) is 50.4 Å². The van der Waals surface area contributed by atoms with Crippen molar-refractivity contribution in [2.75, 3.05) is 5.32 Å². The topological polar surface area (TPSA) is 46.2 Å². The first-order valence-electron chi connectivity index (χ1n) is 6.37. The second-order valence-electron chi connectivity index (χ2n) is 5.15. The summed E-state index contributed by atoms with van der Waals surface area (Å²) in [5, 5.41) is 2.84. The molecule has 0 aromatic heterocycles. The summed E-state index contributed by atoms with van der Waals surface area (Å²) in [5.41, 5.74) is 0.686. The van der Waals surface area contributed by atoms with Crippen LogP contribution in [0.15, 0.2) is 24.3 Å². The number of hydrogen-bond acceptors (Lipinski definition) is 2. The first-order valence-corrected chi connectivity index (χ1v) is 6.37. The molecule has 0 bridgehead atoms. The molecule has 18 heavy (non-hydrogen) atoms. The maximum atomic E-state index is 12.2. The van der Waals surface area contributed by atoms with Gasteiger partial charge in [-0.05, 0) is 18.6 Å². The fourth-order valence-corrected chi connectivity index (χ4v) is 1.74. The number of carbonyl (C=O) groups excluding carboxylic acids is 2. The van der Waals surface area contributed by atoms with Gasteiger partial charge in [-0.3, -0.25) is 9.59 Å². The molecule has 0 radical (unpaired) electrons. The molecule has 3 heteroatoms. The maximum Gasteiger partial charge on any atom is 0.230 e. The molecule has 1 aromatic carbocycles. The second kappa shape index (κ2) is 6.34. The number of para-hydroxylation sites is 1. The lowest BCUT2D eigenvalue weighted by atomic mass is 9.86. The van der Waals surface area contributed by atoms with Crippen LogP contribution in [-0.4, -0.2) is 12.2 Å². The molecule has 0 saturated heterocycles. The van der Waals surface area contributed by atoms with E-state index in [1.807, 2.05) is 19.9 Å². The van der Waals surface area contributed by atoms with E-state index in [4.69, 9.17) is 0 Å². The summed E-state index contributed by atoms with van der Waals surface area (Å²) >= 11 is 0. The molecule has 0 spiro atoms. The number of carbonyl (C=O) groups is 2. The van der Waals surface area contributed by atoms with Crippen molar-refractivity contribution in [3.05, 3.63) is 29.8 Å². The first kappa shape index (κ1) is 14.4. The molecular weight excluding hydrogens is 226 g/mol. The Kier molecular flexibility index (Phi) is 5.08. The van der Waals surface area contributed by atoms with Crippen molar-refractivity contribution in [3.63, 3.8) is 0 Å². The summed E-state index contributed by atoms with van der Waals surface area (Å²) in [5.74, 6) is -0.0368. The summed E-state index contributed by atoms with van der Waals surface area (Å²) in [7, 11) is 0.